The lowest BCUT2D eigenvalue weighted by Gasteiger charge is -2.03. The van der Waals surface area contributed by atoms with Gasteiger partial charge in [0.1, 0.15) is 5.71 Å². The highest BCUT2D eigenvalue weighted by atomic mass is 16.6. The van der Waals surface area contributed by atoms with Gasteiger partial charge in [-0.25, -0.2) is 9.79 Å². The fourth-order valence-electron chi connectivity index (χ4n) is 2.00. The number of carbonyl (C=O) groups excluding carboxylic acids is 1. The fraction of sp³-hybridized carbons (Fsp3) is 0.158. The van der Waals surface area contributed by atoms with Crippen molar-refractivity contribution in [1.82, 2.24) is 0 Å². The van der Waals surface area contributed by atoms with E-state index in [1.165, 1.54) is 12.1 Å². The van der Waals surface area contributed by atoms with Crippen molar-refractivity contribution in [3.8, 4) is 0 Å². The molecule has 0 N–H and O–H groups in total. The topological polar surface area (TPSA) is 81.8 Å². The zero-order chi connectivity index (χ0) is 18.2. The zero-order valence-electron chi connectivity index (χ0n) is 14.0. The van der Waals surface area contributed by atoms with Gasteiger partial charge in [0.15, 0.2) is 0 Å². The van der Waals surface area contributed by atoms with E-state index in [0.717, 1.165) is 5.56 Å². The average Bonchev–Trinajstić information content (AvgIpc) is 2.60. The summed E-state index contributed by atoms with van der Waals surface area (Å²) in [6.45, 7) is 3.94. The second-order valence-corrected chi connectivity index (χ2v) is 5.24. The van der Waals surface area contributed by atoms with E-state index >= 15 is 0 Å². The summed E-state index contributed by atoms with van der Waals surface area (Å²) >= 11 is 0. The largest absolute Gasteiger partial charge is 0.461 e. The second kappa shape index (κ2) is 8.54. The molecule has 0 unspecified atom stereocenters. The third-order valence-corrected chi connectivity index (χ3v) is 3.31. The Morgan fingerprint density at radius 1 is 1.16 bits per heavy atom. The highest BCUT2D eigenvalue weighted by molar-refractivity contribution is 6.42. The summed E-state index contributed by atoms with van der Waals surface area (Å²) in [5.74, 6) is -0.527. The molecule has 2 rings (SSSR count). The third-order valence-electron chi connectivity index (χ3n) is 3.31. The molecular formula is C19H18N2O4. The normalized spacial score (nSPS) is 11.5. The minimum absolute atomic E-state index is 0.0103. The number of nitro benzene ring substituents is 1. The molecule has 6 heteroatoms. The summed E-state index contributed by atoms with van der Waals surface area (Å²) in [6.07, 6.45) is 3.20. The smallest absolute Gasteiger partial charge is 0.356 e. The first-order chi connectivity index (χ1) is 12.0. The third kappa shape index (κ3) is 5.39. The van der Waals surface area contributed by atoms with Crippen molar-refractivity contribution in [3.05, 3.63) is 75.8 Å². The van der Waals surface area contributed by atoms with E-state index in [9.17, 15) is 14.9 Å². The Labute approximate surface area is 145 Å². The van der Waals surface area contributed by atoms with E-state index in [1.54, 1.807) is 31.2 Å². The van der Waals surface area contributed by atoms with Crippen LogP contribution in [-0.4, -0.2) is 23.2 Å². The lowest BCUT2D eigenvalue weighted by molar-refractivity contribution is -0.384. The molecule has 25 heavy (non-hydrogen) atoms. The van der Waals surface area contributed by atoms with E-state index in [2.05, 4.69) is 4.99 Å². The number of carbonyl (C=O) groups is 1. The first-order valence-electron chi connectivity index (χ1n) is 7.74. The highest BCUT2D eigenvalue weighted by Gasteiger charge is 2.10. The highest BCUT2D eigenvalue weighted by Crippen LogP contribution is 2.15. The van der Waals surface area contributed by atoms with Gasteiger partial charge in [-0.15, -0.1) is 0 Å². The molecule has 0 heterocycles. The fourth-order valence-corrected chi connectivity index (χ4v) is 2.00. The molecule has 0 atom stereocenters. The molecule has 2 aromatic rings. The Hall–Kier alpha value is -3.28. The molecule has 0 fully saturated rings. The Morgan fingerprint density at radius 3 is 2.36 bits per heavy atom. The van der Waals surface area contributed by atoms with Gasteiger partial charge in [-0.05, 0) is 49.8 Å². The van der Waals surface area contributed by atoms with Gasteiger partial charge in [-0.1, -0.05) is 23.8 Å². The summed E-state index contributed by atoms with van der Waals surface area (Å²) in [6, 6.07) is 13.4. The van der Waals surface area contributed by atoms with Gasteiger partial charge in [0.05, 0.1) is 17.2 Å². The van der Waals surface area contributed by atoms with Crippen LogP contribution >= 0.6 is 0 Å². The van der Waals surface area contributed by atoms with Crippen LogP contribution in [0.4, 0.5) is 11.4 Å². The van der Waals surface area contributed by atoms with Gasteiger partial charge in [-0.3, -0.25) is 10.1 Å². The monoisotopic (exact) mass is 338 g/mol. The van der Waals surface area contributed by atoms with Crippen molar-refractivity contribution in [2.75, 3.05) is 6.61 Å². The van der Waals surface area contributed by atoms with Crippen LogP contribution in [0.15, 0.2) is 59.6 Å². The first kappa shape index (κ1) is 18.1. The number of benzene rings is 2. The van der Waals surface area contributed by atoms with E-state index in [1.807, 2.05) is 31.2 Å². The molecule has 2 aromatic carbocycles. The van der Waals surface area contributed by atoms with Crippen LogP contribution < -0.4 is 0 Å². The number of nitro groups is 1. The van der Waals surface area contributed by atoms with Crippen molar-refractivity contribution in [1.29, 1.82) is 0 Å². The van der Waals surface area contributed by atoms with Crippen molar-refractivity contribution >= 4 is 29.1 Å². The van der Waals surface area contributed by atoms with Crippen molar-refractivity contribution in [2.24, 2.45) is 4.99 Å². The van der Waals surface area contributed by atoms with Crippen LogP contribution in [0.2, 0.25) is 0 Å². The maximum atomic E-state index is 12.1. The summed E-state index contributed by atoms with van der Waals surface area (Å²) in [4.78, 5) is 26.6. The van der Waals surface area contributed by atoms with E-state index in [-0.39, 0.29) is 18.0 Å². The minimum atomic E-state index is -0.527. The zero-order valence-corrected chi connectivity index (χ0v) is 14.0. The molecule has 0 saturated carbocycles. The molecular weight excluding hydrogens is 320 g/mol. The maximum absolute atomic E-state index is 12.1. The lowest BCUT2D eigenvalue weighted by atomic mass is 10.1. The molecule has 0 aliphatic carbocycles. The molecule has 0 saturated heterocycles. The number of rotatable bonds is 6. The average molecular weight is 338 g/mol. The molecule has 0 spiro atoms. The molecule has 0 radical (unpaired) electrons. The number of aryl methyl sites for hydroxylation is 1. The molecule has 128 valence electrons. The van der Waals surface area contributed by atoms with Crippen LogP contribution in [0.3, 0.4) is 0 Å². The Morgan fingerprint density at radius 2 is 1.80 bits per heavy atom. The van der Waals surface area contributed by atoms with Crippen molar-refractivity contribution in [2.45, 2.75) is 13.8 Å². The predicted octanol–water partition coefficient (Wildman–Crippen LogP) is 4.25. The number of esters is 1. The quantitative estimate of drug-likeness (QED) is 0.341. The van der Waals surface area contributed by atoms with Gasteiger partial charge >= 0.3 is 5.97 Å². The van der Waals surface area contributed by atoms with Crippen LogP contribution in [-0.2, 0) is 9.53 Å². The number of nitrogens with zero attached hydrogens (tertiary/aromatic N) is 2. The van der Waals surface area contributed by atoms with Crippen LogP contribution in [0.1, 0.15) is 18.1 Å². The number of hydrogen-bond donors (Lipinski definition) is 0. The standard InChI is InChI=1S/C19H18N2O4/c1-3-25-19(22)18(20-16-9-4-14(2)5-10-16)13-8-15-6-11-17(12-7-15)21(23)24/h4-13H,3H2,1-2H3/b13-8+,20-18?. The van der Waals surface area contributed by atoms with Gasteiger partial charge in [0.25, 0.3) is 5.69 Å². The van der Waals surface area contributed by atoms with Crippen LogP contribution in [0, 0.1) is 17.0 Å². The number of ether oxygens (including phenoxy) is 1. The Bertz CT molecular complexity index is 806. The summed E-state index contributed by atoms with van der Waals surface area (Å²) < 4.78 is 5.03. The van der Waals surface area contributed by atoms with Crippen molar-refractivity contribution < 1.29 is 14.5 Å². The van der Waals surface area contributed by atoms with Gasteiger partial charge in [0, 0.05) is 12.1 Å². The summed E-state index contributed by atoms with van der Waals surface area (Å²) in [5.41, 5.74) is 2.62. The van der Waals surface area contributed by atoms with Crippen molar-refractivity contribution in [3.63, 3.8) is 0 Å². The Balaban J connectivity index is 2.27. The molecule has 0 amide bonds. The number of hydrogen-bond acceptors (Lipinski definition) is 5. The Kier molecular flexibility index (Phi) is 6.17. The van der Waals surface area contributed by atoms with Gasteiger partial charge in [-0.2, -0.15) is 0 Å². The first-order valence-corrected chi connectivity index (χ1v) is 7.74. The minimum Gasteiger partial charge on any atom is -0.461 e. The van der Waals surface area contributed by atoms with Crippen LogP contribution in [0.5, 0.6) is 0 Å². The molecule has 0 aromatic heterocycles. The number of non-ortho nitro benzene ring substituents is 1. The molecule has 0 aliphatic heterocycles. The predicted molar refractivity (Wildman–Crippen MR) is 97.0 cm³/mol. The lowest BCUT2D eigenvalue weighted by Crippen LogP contribution is -2.15. The molecule has 0 aliphatic rings. The van der Waals surface area contributed by atoms with E-state index < -0.39 is 10.9 Å². The molecule has 6 nitrogen and oxygen atoms in total. The van der Waals surface area contributed by atoms with Gasteiger partial charge < -0.3 is 4.74 Å². The second-order valence-electron chi connectivity index (χ2n) is 5.24. The van der Waals surface area contributed by atoms with E-state index in [4.69, 9.17) is 4.74 Å². The SMILES string of the molecule is CCOC(=O)C(/C=C/c1ccc([N+](=O)[O-])cc1)=Nc1ccc(C)cc1. The van der Waals surface area contributed by atoms with Gasteiger partial charge in [0.2, 0.25) is 0 Å². The number of aliphatic imine (C=N–C) groups is 1. The van der Waals surface area contributed by atoms with Crippen LogP contribution in [0.25, 0.3) is 6.08 Å². The summed E-state index contributed by atoms with van der Waals surface area (Å²) in [7, 11) is 0. The van der Waals surface area contributed by atoms with E-state index in [0.29, 0.717) is 11.3 Å². The maximum Gasteiger partial charge on any atom is 0.356 e. The molecule has 0 bridgehead atoms. The summed E-state index contributed by atoms with van der Waals surface area (Å²) in [5, 5.41) is 10.7.